The smallest absolute Gasteiger partial charge is 0.279 e. The molecule has 31 heavy (non-hydrogen) atoms. The number of hydrogen-bond donors (Lipinski definition) is 3. The number of piperazine rings is 1. The van der Waals surface area contributed by atoms with Gasteiger partial charge in [0.1, 0.15) is 0 Å². The Morgan fingerprint density at radius 2 is 1.65 bits per heavy atom. The minimum absolute atomic E-state index is 0.0632. The number of nitrogens with one attached hydrogen (secondary N) is 3. The molecule has 1 aliphatic carbocycles. The zero-order chi connectivity index (χ0) is 21.8. The Kier molecular flexibility index (Phi) is 7.28. The van der Waals surface area contributed by atoms with Crippen molar-refractivity contribution in [3.8, 4) is 0 Å². The number of aryl methyl sites for hydroxylation is 2. The molecule has 0 radical (unpaired) electrons. The molecular weight excluding hydrogens is 388 g/mol. The van der Waals surface area contributed by atoms with E-state index in [1.54, 1.807) is 4.90 Å². The molecule has 0 spiro atoms. The van der Waals surface area contributed by atoms with Gasteiger partial charge in [0.05, 0.1) is 38.8 Å². The van der Waals surface area contributed by atoms with E-state index in [9.17, 15) is 9.59 Å². The van der Waals surface area contributed by atoms with Crippen LogP contribution in [0, 0.1) is 19.8 Å². The average molecular weight is 429 g/mol. The van der Waals surface area contributed by atoms with Crippen LogP contribution in [-0.2, 0) is 9.59 Å². The van der Waals surface area contributed by atoms with E-state index in [2.05, 4.69) is 5.32 Å². The Hall–Kier alpha value is -1.92. The zero-order valence-electron chi connectivity index (χ0n) is 19.3. The number of para-hydroxylation sites is 1. The maximum absolute atomic E-state index is 13.0. The van der Waals surface area contributed by atoms with Gasteiger partial charge in [-0.15, -0.1) is 0 Å². The zero-order valence-corrected chi connectivity index (χ0v) is 19.3. The topological polar surface area (TPSA) is 58.3 Å². The monoisotopic (exact) mass is 428 g/mol. The molecule has 1 aromatic rings. The molecule has 2 amide bonds. The highest BCUT2D eigenvalue weighted by Crippen LogP contribution is 2.28. The molecule has 2 aliphatic heterocycles. The molecule has 3 fully saturated rings. The predicted octanol–water partition coefficient (Wildman–Crippen LogP) is 0.207. The number of nitrogens with zero attached hydrogens (tertiary/aromatic N) is 1. The van der Waals surface area contributed by atoms with E-state index in [-0.39, 0.29) is 5.91 Å². The number of hydrogen-bond acceptors (Lipinski definition) is 2. The summed E-state index contributed by atoms with van der Waals surface area (Å²) in [6, 6.07) is 6.79. The van der Waals surface area contributed by atoms with Gasteiger partial charge < -0.3 is 20.0 Å². The Labute approximate surface area is 187 Å². The van der Waals surface area contributed by atoms with Crippen molar-refractivity contribution >= 4 is 17.5 Å². The normalized spacial score (nSPS) is 26.9. The van der Waals surface area contributed by atoms with Crippen LogP contribution in [0.2, 0.25) is 0 Å². The van der Waals surface area contributed by atoms with Crippen LogP contribution >= 0.6 is 0 Å². The van der Waals surface area contributed by atoms with Crippen molar-refractivity contribution in [2.24, 2.45) is 5.92 Å². The molecule has 3 aliphatic rings. The van der Waals surface area contributed by atoms with Gasteiger partial charge in [-0.2, -0.15) is 0 Å². The lowest BCUT2D eigenvalue weighted by Gasteiger charge is -2.41. The highest BCUT2D eigenvalue weighted by Gasteiger charge is 2.38. The van der Waals surface area contributed by atoms with Gasteiger partial charge in [-0.1, -0.05) is 24.6 Å². The molecule has 170 valence electrons. The minimum atomic E-state index is 0.0632. The summed E-state index contributed by atoms with van der Waals surface area (Å²) in [7, 11) is 0. The maximum Gasteiger partial charge on any atom is 0.279 e. The number of benzene rings is 1. The highest BCUT2D eigenvalue weighted by molar-refractivity contribution is 5.93. The molecule has 2 heterocycles. The Balaban J connectivity index is 1.23. The summed E-state index contributed by atoms with van der Waals surface area (Å²) in [6.45, 7) is 9.61. The number of fused-ring (bicyclic) bond motifs is 1. The third-order valence-corrected chi connectivity index (χ3v) is 7.86. The van der Waals surface area contributed by atoms with Crippen molar-refractivity contribution in [1.29, 1.82) is 0 Å². The molecular formula is C25H40N4O2+2. The molecule has 0 aromatic heterocycles. The standard InChI is InChI=1S/C25H38N4O2/c1-19-7-5-8-20(2)25(19)26-23(30)17-27-13-15-28(16-14-27)24(31)18-29-12-6-10-21-9-3-4-11-22(21)29/h5,7-8,21-22H,3-4,6,9-18H2,1-2H3,(H,26,30)/p+2/t21-,22-/m0/s1. The minimum Gasteiger partial charge on any atom is -0.327 e. The largest absolute Gasteiger partial charge is 0.327 e. The second-order valence-corrected chi connectivity index (χ2v) is 10.0. The van der Waals surface area contributed by atoms with E-state index in [0.717, 1.165) is 55.5 Å². The van der Waals surface area contributed by atoms with E-state index in [1.807, 2.05) is 36.9 Å². The molecule has 1 saturated carbocycles. The van der Waals surface area contributed by atoms with E-state index >= 15 is 0 Å². The molecule has 3 atom stereocenters. The van der Waals surface area contributed by atoms with Crippen LogP contribution in [-0.4, -0.2) is 68.6 Å². The van der Waals surface area contributed by atoms with Gasteiger partial charge in [-0.3, -0.25) is 9.59 Å². The first-order valence-corrected chi connectivity index (χ1v) is 12.3. The number of quaternary nitrogens is 2. The van der Waals surface area contributed by atoms with Crippen molar-refractivity contribution in [2.45, 2.75) is 58.4 Å². The van der Waals surface area contributed by atoms with Crippen LogP contribution in [0.15, 0.2) is 18.2 Å². The van der Waals surface area contributed by atoms with Gasteiger partial charge in [0.15, 0.2) is 13.1 Å². The number of likely N-dealkylation sites (tertiary alicyclic amines) is 1. The Morgan fingerprint density at radius 1 is 0.968 bits per heavy atom. The molecule has 1 unspecified atom stereocenters. The van der Waals surface area contributed by atoms with Crippen LogP contribution in [0.25, 0.3) is 0 Å². The third-order valence-electron chi connectivity index (χ3n) is 7.86. The van der Waals surface area contributed by atoms with Gasteiger partial charge in [-0.25, -0.2) is 0 Å². The first kappa shape index (κ1) is 22.3. The second kappa shape index (κ2) is 10.1. The van der Waals surface area contributed by atoms with E-state index in [4.69, 9.17) is 0 Å². The summed E-state index contributed by atoms with van der Waals surface area (Å²) < 4.78 is 0. The van der Waals surface area contributed by atoms with Crippen molar-refractivity contribution in [3.63, 3.8) is 0 Å². The molecule has 1 aromatic carbocycles. The fourth-order valence-corrected chi connectivity index (χ4v) is 6.06. The van der Waals surface area contributed by atoms with E-state index in [0.29, 0.717) is 25.0 Å². The summed E-state index contributed by atoms with van der Waals surface area (Å²) in [6.07, 6.45) is 8.04. The lowest BCUT2D eigenvalue weighted by molar-refractivity contribution is -0.929. The van der Waals surface area contributed by atoms with Crippen LogP contribution in [0.1, 0.15) is 49.7 Å². The number of anilines is 1. The predicted molar refractivity (Wildman–Crippen MR) is 122 cm³/mol. The number of rotatable bonds is 5. The SMILES string of the molecule is Cc1cccc(C)c1NC(=O)C[NH+]1CCN(C(=O)C[NH+]2CCC[C@@H]3CCCC[C@@H]32)CC1. The summed E-state index contributed by atoms with van der Waals surface area (Å²) >= 11 is 0. The first-order valence-electron chi connectivity index (χ1n) is 12.3. The number of amides is 2. The quantitative estimate of drug-likeness (QED) is 0.628. The first-order chi connectivity index (χ1) is 15.0. The fourth-order valence-electron chi connectivity index (χ4n) is 6.06. The van der Waals surface area contributed by atoms with Crippen molar-refractivity contribution in [1.82, 2.24) is 4.90 Å². The Morgan fingerprint density at radius 3 is 2.39 bits per heavy atom. The van der Waals surface area contributed by atoms with Crippen LogP contribution in [0.4, 0.5) is 5.69 Å². The molecule has 2 saturated heterocycles. The molecule has 3 N–H and O–H groups in total. The van der Waals surface area contributed by atoms with Crippen LogP contribution in [0.3, 0.4) is 0 Å². The highest BCUT2D eigenvalue weighted by atomic mass is 16.2. The van der Waals surface area contributed by atoms with Gasteiger partial charge >= 0.3 is 0 Å². The van der Waals surface area contributed by atoms with Gasteiger partial charge in [-0.05, 0) is 57.1 Å². The van der Waals surface area contributed by atoms with Crippen molar-refractivity contribution in [3.05, 3.63) is 29.3 Å². The van der Waals surface area contributed by atoms with Crippen molar-refractivity contribution in [2.75, 3.05) is 51.1 Å². The summed E-state index contributed by atoms with van der Waals surface area (Å²) in [5.74, 6) is 1.23. The lowest BCUT2D eigenvalue weighted by atomic mass is 9.78. The molecule has 0 bridgehead atoms. The number of carbonyl (C=O) groups is 2. The number of piperidine rings is 1. The van der Waals surface area contributed by atoms with Crippen LogP contribution in [0.5, 0.6) is 0 Å². The summed E-state index contributed by atoms with van der Waals surface area (Å²) in [5, 5.41) is 3.10. The van der Waals surface area contributed by atoms with Crippen molar-refractivity contribution < 1.29 is 19.4 Å². The summed E-state index contributed by atoms with van der Waals surface area (Å²) in [5.41, 5.74) is 3.13. The lowest BCUT2D eigenvalue weighted by Crippen LogP contribution is -3.19. The fraction of sp³-hybridized carbons (Fsp3) is 0.680. The molecule has 6 heteroatoms. The van der Waals surface area contributed by atoms with Gasteiger partial charge in [0.25, 0.3) is 11.8 Å². The average Bonchev–Trinajstić information content (AvgIpc) is 2.77. The van der Waals surface area contributed by atoms with Gasteiger partial charge in [0, 0.05) is 11.6 Å². The maximum atomic E-state index is 13.0. The van der Waals surface area contributed by atoms with E-state index in [1.165, 1.54) is 43.4 Å². The summed E-state index contributed by atoms with van der Waals surface area (Å²) in [4.78, 5) is 30.4. The molecule has 6 nitrogen and oxygen atoms in total. The van der Waals surface area contributed by atoms with Gasteiger partial charge in [0.2, 0.25) is 0 Å². The van der Waals surface area contributed by atoms with Crippen LogP contribution < -0.4 is 15.1 Å². The van der Waals surface area contributed by atoms with E-state index < -0.39 is 0 Å². The molecule has 4 rings (SSSR count). The third kappa shape index (κ3) is 5.47. The number of carbonyl (C=O) groups excluding carboxylic acids is 2. The Bertz CT molecular complexity index is 765. The second-order valence-electron chi connectivity index (χ2n) is 10.0.